The first-order valence-electron chi connectivity index (χ1n) is 6.60. The minimum absolute atomic E-state index is 0.139. The van der Waals surface area contributed by atoms with Crippen LogP contribution in [0.4, 0.5) is 0 Å². The lowest BCUT2D eigenvalue weighted by Gasteiger charge is -2.36. The van der Waals surface area contributed by atoms with Crippen molar-refractivity contribution in [2.24, 2.45) is 5.41 Å². The molecule has 0 aliphatic heterocycles. The average Bonchev–Trinajstić information content (AvgIpc) is 2.52. The fraction of sp³-hybridized carbons (Fsp3) is 0.375. The Bertz CT molecular complexity index is 574. The lowest BCUT2D eigenvalue weighted by molar-refractivity contribution is -0.170. The van der Waals surface area contributed by atoms with Crippen LogP contribution in [-0.4, -0.2) is 31.3 Å². The second-order valence-corrected chi connectivity index (χ2v) is 5.14. The van der Waals surface area contributed by atoms with E-state index in [1.807, 2.05) is 0 Å². The Morgan fingerprint density at radius 2 is 1.95 bits per heavy atom. The van der Waals surface area contributed by atoms with E-state index < -0.39 is 17.4 Å². The van der Waals surface area contributed by atoms with Gasteiger partial charge < -0.3 is 14.6 Å². The topological polar surface area (TPSA) is 72.8 Å². The highest BCUT2D eigenvalue weighted by Crippen LogP contribution is 2.47. The molecule has 0 saturated heterocycles. The van der Waals surface area contributed by atoms with Gasteiger partial charge in [-0.15, -0.1) is 6.58 Å². The first kappa shape index (κ1) is 15.1. The Balaban J connectivity index is 2.60. The van der Waals surface area contributed by atoms with Crippen LogP contribution in [0.15, 0.2) is 30.9 Å². The molecule has 0 bridgehead atoms. The van der Waals surface area contributed by atoms with E-state index in [0.29, 0.717) is 5.56 Å². The Kier molecular flexibility index (Phi) is 4.02. The molecule has 0 aromatic heterocycles. The molecular weight excluding hydrogens is 272 g/mol. The minimum Gasteiger partial charge on any atom is -0.508 e. The predicted molar refractivity (Wildman–Crippen MR) is 75.8 cm³/mol. The highest BCUT2D eigenvalue weighted by atomic mass is 16.5. The number of allylic oxidation sites excluding steroid dienone is 1. The number of aromatic hydroxyl groups is 1. The molecule has 5 heteroatoms. The highest BCUT2D eigenvalue weighted by Gasteiger charge is 2.52. The molecule has 1 atom stereocenters. The summed E-state index contributed by atoms with van der Waals surface area (Å²) in [5.74, 6) is -1.45. The number of phenols is 1. The van der Waals surface area contributed by atoms with E-state index in [-0.39, 0.29) is 24.5 Å². The summed E-state index contributed by atoms with van der Waals surface area (Å²) in [7, 11) is 2.49. The lowest BCUT2D eigenvalue weighted by Crippen LogP contribution is -2.46. The van der Waals surface area contributed by atoms with Crippen LogP contribution in [0.25, 0.3) is 0 Å². The van der Waals surface area contributed by atoms with Crippen LogP contribution in [0, 0.1) is 5.41 Å². The van der Waals surface area contributed by atoms with E-state index in [4.69, 9.17) is 9.47 Å². The smallest absolute Gasteiger partial charge is 0.323 e. The van der Waals surface area contributed by atoms with Crippen molar-refractivity contribution >= 4 is 11.9 Å². The van der Waals surface area contributed by atoms with E-state index in [1.54, 1.807) is 24.3 Å². The van der Waals surface area contributed by atoms with Crippen molar-refractivity contribution in [3.05, 3.63) is 42.0 Å². The first-order chi connectivity index (χ1) is 10.00. The number of ether oxygens (including phenoxy) is 2. The number of fused-ring (bicyclic) bond motifs is 1. The second-order valence-electron chi connectivity index (χ2n) is 5.14. The molecule has 112 valence electrons. The van der Waals surface area contributed by atoms with Gasteiger partial charge in [-0.3, -0.25) is 9.59 Å². The summed E-state index contributed by atoms with van der Waals surface area (Å²) in [6, 6.07) is 5.04. The predicted octanol–water partition coefficient (Wildman–Crippen LogP) is 1.94. The van der Waals surface area contributed by atoms with Crippen LogP contribution in [0.3, 0.4) is 0 Å². The summed E-state index contributed by atoms with van der Waals surface area (Å²) >= 11 is 0. The quantitative estimate of drug-likeness (QED) is 0.523. The van der Waals surface area contributed by atoms with Crippen LogP contribution in [0.1, 0.15) is 23.5 Å². The van der Waals surface area contributed by atoms with Gasteiger partial charge in [-0.05, 0) is 24.5 Å². The van der Waals surface area contributed by atoms with Crippen LogP contribution in [0.2, 0.25) is 0 Å². The number of rotatable bonds is 3. The minimum atomic E-state index is -1.40. The number of carbonyl (C=O) groups excluding carboxylic acids is 2. The number of esters is 2. The van der Waals surface area contributed by atoms with Gasteiger partial charge >= 0.3 is 11.9 Å². The van der Waals surface area contributed by atoms with Gasteiger partial charge in [-0.2, -0.15) is 0 Å². The molecule has 0 radical (unpaired) electrons. The van der Waals surface area contributed by atoms with E-state index >= 15 is 0 Å². The molecule has 0 fully saturated rings. The van der Waals surface area contributed by atoms with Gasteiger partial charge in [0.25, 0.3) is 0 Å². The third kappa shape index (κ3) is 2.28. The van der Waals surface area contributed by atoms with Crippen LogP contribution in [-0.2, 0) is 25.5 Å². The molecule has 0 spiro atoms. The fourth-order valence-corrected chi connectivity index (χ4v) is 3.04. The van der Waals surface area contributed by atoms with Crippen molar-refractivity contribution in [1.29, 1.82) is 0 Å². The number of hydrogen-bond acceptors (Lipinski definition) is 5. The molecule has 1 N–H and O–H groups in total. The summed E-state index contributed by atoms with van der Waals surface area (Å²) in [6.07, 6.45) is 1.93. The molecule has 1 aliphatic carbocycles. The zero-order chi connectivity index (χ0) is 15.6. The van der Waals surface area contributed by atoms with Gasteiger partial charge in [0.1, 0.15) is 5.75 Å². The standard InChI is InChI=1S/C16H18O5/c1-4-10-8-16(14(18)20-2,15(19)21-3)9-11-6-5-7-12(17)13(10)11/h4-7,10,17H,1,8-9H2,2-3H3. The van der Waals surface area contributed by atoms with Gasteiger partial charge in [-0.25, -0.2) is 0 Å². The Labute approximate surface area is 123 Å². The lowest BCUT2D eigenvalue weighted by atomic mass is 9.66. The number of phenolic OH excluding ortho intramolecular Hbond substituents is 1. The molecule has 0 amide bonds. The summed E-state index contributed by atoms with van der Waals surface area (Å²) < 4.78 is 9.64. The molecule has 1 aliphatic rings. The maximum Gasteiger partial charge on any atom is 0.323 e. The van der Waals surface area contributed by atoms with E-state index in [2.05, 4.69) is 6.58 Å². The SMILES string of the molecule is C=CC1CC(C(=O)OC)(C(=O)OC)Cc2cccc(O)c21. The van der Waals surface area contributed by atoms with Crippen molar-refractivity contribution in [2.75, 3.05) is 14.2 Å². The van der Waals surface area contributed by atoms with Crippen LogP contribution in [0.5, 0.6) is 5.75 Å². The van der Waals surface area contributed by atoms with Crippen LogP contribution < -0.4 is 0 Å². The number of hydrogen-bond donors (Lipinski definition) is 1. The third-order valence-electron chi connectivity index (χ3n) is 4.04. The fourth-order valence-electron chi connectivity index (χ4n) is 3.04. The Hall–Kier alpha value is -2.30. The number of carbonyl (C=O) groups is 2. The van der Waals surface area contributed by atoms with E-state index in [1.165, 1.54) is 14.2 Å². The third-order valence-corrected chi connectivity index (χ3v) is 4.04. The van der Waals surface area contributed by atoms with Crippen LogP contribution >= 0.6 is 0 Å². The zero-order valence-corrected chi connectivity index (χ0v) is 12.1. The molecule has 0 saturated carbocycles. The second kappa shape index (κ2) is 5.60. The molecule has 2 rings (SSSR count). The van der Waals surface area contributed by atoms with Gasteiger partial charge in [-0.1, -0.05) is 18.2 Å². The van der Waals surface area contributed by atoms with Crippen molar-refractivity contribution in [3.63, 3.8) is 0 Å². The van der Waals surface area contributed by atoms with Crippen molar-refractivity contribution < 1.29 is 24.2 Å². The highest BCUT2D eigenvalue weighted by molar-refractivity contribution is 6.01. The molecule has 5 nitrogen and oxygen atoms in total. The average molecular weight is 290 g/mol. The number of methoxy groups -OCH3 is 2. The molecule has 1 aromatic carbocycles. The molecule has 21 heavy (non-hydrogen) atoms. The number of benzene rings is 1. The summed E-state index contributed by atoms with van der Waals surface area (Å²) in [4.78, 5) is 24.5. The zero-order valence-electron chi connectivity index (χ0n) is 12.1. The molecule has 1 aromatic rings. The molecule has 0 heterocycles. The van der Waals surface area contributed by atoms with Crippen molar-refractivity contribution in [3.8, 4) is 5.75 Å². The largest absolute Gasteiger partial charge is 0.508 e. The maximum atomic E-state index is 12.2. The van der Waals surface area contributed by atoms with Crippen molar-refractivity contribution in [2.45, 2.75) is 18.8 Å². The van der Waals surface area contributed by atoms with E-state index in [0.717, 1.165) is 5.56 Å². The normalized spacial score (nSPS) is 19.2. The van der Waals surface area contributed by atoms with Gasteiger partial charge in [0.2, 0.25) is 0 Å². The van der Waals surface area contributed by atoms with Crippen molar-refractivity contribution in [1.82, 2.24) is 0 Å². The Morgan fingerprint density at radius 1 is 1.33 bits per heavy atom. The maximum absolute atomic E-state index is 12.2. The first-order valence-corrected chi connectivity index (χ1v) is 6.60. The molecular formula is C16H18O5. The summed E-state index contributed by atoms with van der Waals surface area (Å²) in [6.45, 7) is 3.74. The van der Waals surface area contributed by atoms with Gasteiger partial charge in [0.05, 0.1) is 14.2 Å². The van der Waals surface area contributed by atoms with E-state index in [9.17, 15) is 14.7 Å². The summed E-state index contributed by atoms with van der Waals surface area (Å²) in [5.41, 5.74) is 0.0289. The van der Waals surface area contributed by atoms with Gasteiger partial charge in [0.15, 0.2) is 5.41 Å². The summed E-state index contributed by atoms with van der Waals surface area (Å²) in [5, 5.41) is 10.0. The molecule has 1 unspecified atom stereocenters. The Morgan fingerprint density at radius 3 is 2.48 bits per heavy atom. The monoisotopic (exact) mass is 290 g/mol. The van der Waals surface area contributed by atoms with Gasteiger partial charge in [0, 0.05) is 11.5 Å².